The van der Waals surface area contributed by atoms with Crippen molar-refractivity contribution in [3.63, 3.8) is 0 Å². The number of hydrogen-bond acceptors (Lipinski definition) is 3. The minimum atomic E-state index is -0.445. The molecule has 0 amide bonds. The predicted octanol–water partition coefficient (Wildman–Crippen LogP) is 3.86. The van der Waals surface area contributed by atoms with Crippen molar-refractivity contribution < 1.29 is 14.3 Å². The molecule has 1 heterocycles. The van der Waals surface area contributed by atoms with Gasteiger partial charge in [-0.25, -0.2) is 0 Å². The first-order chi connectivity index (χ1) is 9.27. The second-order valence-corrected chi connectivity index (χ2v) is 6.52. The van der Waals surface area contributed by atoms with Crippen LogP contribution in [0.3, 0.4) is 0 Å². The van der Waals surface area contributed by atoms with E-state index in [9.17, 15) is 4.79 Å². The first kappa shape index (κ1) is 15.0. The Morgan fingerprint density at radius 3 is 2.50 bits per heavy atom. The monoisotopic (exact) mass is 276 g/mol. The molecule has 0 aromatic heterocycles. The minimum absolute atomic E-state index is 0.115. The molecular weight excluding hydrogens is 252 g/mol. The third kappa shape index (κ3) is 2.88. The van der Waals surface area contributed by atoms with Gasteiger partial charge in [-0.2, -0.15) is 0 Å². The normalized spacial score (nSPS) is 23.6. The van der Waals surface area contributed by atoms with E-state index in [0.29, 0.717) is 17.9 Å². The Labute approximate surface area is 121 Å². The van der Waals surface area contributed by atoms with Crippen molar-refractivity contribution in [3.8, 4) is 5.75 Å². The van der Waals surface area contributed by atoms with Gasteiger partial charge >= 0.3 is 0 Å². The van der Waals surface area contributed by atoms with Gasteiger partial charge in [0, 0.05) is 0 Å². The summed E-state index contributed by atoms with van der Waals surface area (Å²) in [6.45, 7) is 10.5. The fraction of sp³-hybridized carbons (Fsp3) is 0.588. The summed E-state index contributed by atoms with van der Waals surface area (Å²) in [4.78, 5) is 12.9. The molecule has 1 aromatic rings. The zero-order chi connectivity index (χ0) is 15.0. The van der Waals surface area contributed by atoms with Crippen LogP contribution in [0.5, 0.6) is 5.75 Å². The molecule has 1 saturated heterocycles. The first-order valence-corrected chi connectivity index (χ1v) is 7.23. The Kier molecular flexibility index (Phi) is 3.92. The lowest BCUT2D eigenvalue weighted by Gasteiger charge is -2.27. The molecule has 1 fully saturated rings. The van der Waals surface area contributed by atoms with Crippen molar-refractivity contribution in [2.24, 2.45) is 5.92 Å². The lowest BCUT2D eigenvalue weighted by atomic mass is 9.81. The maximum absolute atomic E-state index is 12.9. The fourth-order valence-electron chi connectivity index (χ4n) is 3.11. The summed E-state index contributed by atoms with van der Waals surface area (Å²) in [6, 6.07) is 7.46. The highest BCUT2D eigenvalue weighted by Crippen LogP contribution is 2.44. The van der Waals surface area contributed by atoms with Crippen LogP contribution in [-0.4, -0.2) is 23.6 Å². The van der Waals surface area contributed by atoms with Crippen molar-refractivity contribution in [1.29, 1.82) is 0 Å². The molecule has 0 radical (unpaired) electrons. The molecule has 110 valence electrons. The van der Waals surface area contributed by atoms with Crippen LogP contribution < -0.4 is 4.74 Å². The van der Waals surface area contributed by atoms with Crippen LogP contribution in [-0.2, 0) is 4.74 Å². The molecule has 3 nitrogen and oxygen atoms in total. The number of para-hydroxylation sites is 1. The molecular formula is C17H24O3. The summed E-state index contributed by atoms with van der Waals surface area (Å²) < 4.78 is 11.6. The van der Waals surface area contributed by atoms with E-state index in [2.05, 4.69) is 0 Å². The second kappa shape index (κ2) is 5.21. The Morgan fingerprint density at radius 2 is 1.95 bits per heavy atom. The van der Waals surface area contributed by atoms with Gasteiger partial charge in [-0.1, -0.05) is 12.1 Å². The average molecular weight is 276 g/mol. The SMILES string of the molecule is CCOc1ccccc1C(=O)C1CC(C)(C)OC1(C)C. The Balaban J connectivity index is 2.32. The lowest BCUT2D eigenvalue weighted by Crippen LogP contribution is -2.34. The van der Waals surface area contributed by atoms with E-state index in [0.717, 1.165) is 6.42 Å². The molecule has 1 unspecified atom stereocenters. The summed E-state index contributed by atoms with van der Waals surface area (Å²) in [6.07, 6.45) is 0.735. The quantitative estimate of drug-likeness (QED) is 0.783. The number of carbonyl (C=O) groups excluding carboxylic acids is 1. The van der Waals surface area contributed by atoms with Crippen molar-refractivity contribution in [3.05, 3.63) is 29.8 Å². The van der Waals surface area contributed by atoms with Gasteiger partial charge in [0.15, 0.2) is 5.78 Å². The fourth-order valence-corrected chi connectivity index (χ4v) is 3.11. The highest BCUT2D eigenvalue weighted by Gasteiger charge is 2.49. The summed E-state index contributed by atoms with van der Waals surface area (Å²) in [5.41, 5.74) is -0.0432. The summed E-state index contributed by atoms with van der Waals surface area (Å²) in [5, 5.41) is 0. The molecule has 1 aliphatic rings. The van der Waals surface area contributed by atoms with Gasteiger partial charge in [-0.05, 0) is 53.2 Å². The van der Waals surface area contributed by atoms with Crippen LogP contribution in [0, 0.1) is 5.92 Å². The molecule has 1 aromatic carbocycles. The highest BCUT2D eigenvalue weighted by molar-refractivity contribution is 6.01. The van der Waals surface area contributed by atoms with E-state index in [1.807, 2.05) is 58.9 Å². The number of carbonyl (C=O) groups is 1. The molecule has 1 aliphatic heterocycles. The zero-order valence-electron chi connectivity index (χ0n) is 13.0. The van der Waals surface area contributed by atoms with Crippen LogP contribution in [0.25, 0.3) is 0 Å². The van der Waals surface area contributed by atoms with Crippen LogP contribution in [0.1, 0.15) is 51.4 Å². The number of rotatable bonds is 4. The lowest BCUT2D eigenvalue weighted by molar-refractivity contribution is -0.0712. The van der Waals surface area contributed by atoms with Gasteiger partial charge in [-0.15, -0.1) is 0 Å². The Bertz CT molecular complexity index is 503. The van der Waals surface area contributed by atoms with Gasteiger partial charge in [0.05, 0.1) is 29.3 Å². The van der Waals surface area contributed by atoms with Crippen LogP contribution in [0.2, 0.25) is 0 Å². The van der Waals surface area contributed by atoms with Crippen molar-refractivity contribution in [2.75, 3.05) is 6.61 Å². The minimum Gasteiger partial charge on any atom is -0.493 e. The van der Waals surface area contributed by atoms with E-state index in [1.54, 1.807) is 0 Å². The van der Waals surface area contributed by atoms with E-state index >= 15 is 0 Å². The predicted molar refractivity (Wildman–Crippen MR) is 79.3 cm³/mol. The van der Waals surface area contributed by atoms with Gasteiger partial charge in [0.25, 0.3) is 0 Å². The highest BCUT2D eigenvalue weighted by atomic mass is 16.5. The van der Waals surface area contributed by atoms with E-state index in [4.69, 9.17) is 9.47 Å². The van der Waals surface area contributed by atoms with Gasteiger partial charge < -0.3 is 9.47 Å². The topological polar surface area (TPSA) is 35.5 Å². The molecule has 20 heavy (non-hydrogen) atoms. The van der Waals surface area contributed by atoms with Gasteiger partial charge in [-0.3, -0.25) is 4.79 Å². The molecule has 0 aliphatic carbocycles. The van der Waals surface area contributed by atoms with Crippen LogP contribution in [0.15, 0.2) is 24.3 Å². The summed E-state index contributed by atoms with van der Waals surface area (Å²) >= 11 is 0. The standard InChI is InChI=1S/C17H24O3/c1-6-19-14-10-8-7-9-12(14)15(18)13-11-16(2,3)20-17(13,4)5/h7-10,13H,6,11H2,1-5H3. The average Bonchev–Trinajstić information content (AvgIpc) is 2.57. The van der Waals surface area contributed by atoms with Gasteiger partial charge in [0.1, 0.15) is 5.75 Å². The third-order valence-electron chi connectivity index (χ3n) is 3.84. The molecule has 0 bridgehead atoms. The molecule has 0 spiro atoms. The van der Waals surface area contributed by atoms with Crippen molar-refractivity contribution in [2.45, 2.75) is 52.2 Å². The van der Waals surface area contributed by atoms with E-state index in [-0.39, 0.29) is 17.3 Å². The molecule has 1 atom stereocenters. The maximum Gasteiger partial charge on any atom is 0.172 e. The molecule has 0 saturated carbocycles. The Morgan fingerprint density at radius 1 is 1.30 bits per heavy atom. The number of ether oxygens (including phenoxy) is 2. The summed E-state index contributed by atoms with van der Waals surface area (Å²) in [7, 11) is 0. The molecule has 3 heteroatoms. The summed E-state index contributed by atoms with van der Waals surface area (Å²) in [5.74, 6) is 0.643. The number of hydrogen-bond donors (Lipinski definition) is 0. The van der Waals surface area contributed by atoms with Crippen LogP contribution >= 0.6 is 0 Å². The molecule has 2 rings (SSSR count). The largest absolute Gasteiger partial charge is 0.493 e. The number of Topliss-reactive ketones (excluding diaryl/α,β-unsaturated/α-hetero) is 1. The van der Waals surface area contributed by atoms with Crippen LogP contribution in [0.4, 0.5) is 0 Å². The van der Waals surface area contributed by atoms with E-state index < -0.39 is 5.60 Å². The zero-order valence-corrected chi connectivity index (χ0v) is 13.0. The number of ketones is 1. The van der Waals surface area contributed by atoms with E-state index in [1.165, 1.54) is 0 Å². The van der Waals surface area contributed by atoms with Gasteiger partial charge in [0.2, 0.25) is 0 Å². The maximum atomic E-state index is 12.9. The first-order valence-electron chi connectivity index (χ1n) is 7.23. The van der Waals surface area contributed by atoms with Crippen molar-refractivity contribution >= 4 is 5.78 Å². The molecule has 0 N–H and O–H groups in total. The third-order valence-corrected chi connectivity index (χ3v) is 3.84. The Hall–Kier alpha value is -1.35. The second-order valence-electron chi connectivity index (χ2n) is 6.52. The van der Waals surface area contributed by atoms with Crippen molar-refractivity contribution in [1.82, 2.24) is 0 Å². The smallest absolute Gasteiger partial charge is 0.172 e. The number of benzene rings is 1.